The highest BCUT2D eigenvalue weighted by Crippen LogP contribution is 2.44. The van der Waals surface area contributed by atoms with Crippen LogP contribution in [0.4, 0.5) is 11.8 Å². The van der Waals surface area contributed by atoms with E-state index in [2.05, 4.69) is 21.9 Å². The second-order valence-corrected chi connectivity index (χ2v) is 9.47. The molecule has 0 bridgehead atoms. The molecule has 0 N–H and O–H groups in total. The lowest BCUT2D eigenvalue weighted by Gasteiger charge is -2.53. The predicted molar refractivity (Wildman–Crippen MR) is 111 cm³/mol. The van der Waals surface area contributed by atoms with E-state index in [0.717, 1.165) is 52.6 Å². The molecule has 1 aromatic carbocycles. The first-order valence-corrected chi connectivity index (χ1v) is 11.2. The summed E-state index contributed by atoms with van der Waals surface area (Å²) in [6.45, 7) is 2.28. The highest BCUT2D eigenvalue weighted by Gasteiger charge is 2.44. The van der Waals surface area contributed by atoms with E-state index in [0.29, 0.717) is 12.1 Å². The quantitative estimate of drug-likeness (QED) is 0.728. The molecular weight excluding hydrogens is 356 g/mol. The van der Waals surface area contributed by atoms with Gasteiger partial charge in [-0.15, -0.1) is 0 Å². The molecular formula is C22H27ClN4. The third kappa shape index (κ3) is 2.55. The Morgan fingerprint density at radius 1 is 0.815 bits per heavy atom. The minimum Gasteiger partial charge on any atom is -0.352 e. The topological polar surface area (TPSA) is 32.3 Å². The molecule has 4 unspecified atom stereocenters. The summed E-state index contributed by atoms with van der Waals surface area (Å²) in [7, 11) is 0. The van der Waals surface area contributed by atoms with Crippen molar-refractivity contribution in [3.63, 3.8) is 0 Å². The van der Waals surface area contributed by atoms with E-state index in [1.165, 1.54) is 51.4 Å². The van der Waals surface area contributed by atoms with Crippen LogP contribution in [0.5, 0.6) is 0 Å². The van der Waals surface area contributed by atoms with Crippen LogP contribution >= 0.6 is 11.6 Å². The maximum atomic E-state index is 6.34. The second kappa shape index (κ2) is 6.23. The van der Waals surface area contributed by atoms with Crippen molar-refractivity contribution in [3.8, 4) is 0 Å². The fraction of sp³-hybridized carbons (Fsp3) is 0.636. The minimum absolute atomic E-state index is 0.662. The molecule has 5 heteroatoms. The zero-order valence-electron chi connectivity index (χ0n) is 15.8. The van der Waals surface area contributed by atoms with Crippen LogP contribution in [0.15, 0.2) is 18.2 Å². The summed E-state index contributed by atoms with van der Waals surface area (Å²) in [5, 5.41) is 1.90. The number of fused-ring (bicyclic) bond motifs is 3. The molecule has 2 saturated carbocycles. The van der Waals surface area contributed by atoms with Gasteiger partial charge in [0, 0.05) is 35.6 Å². The number of hydrogen-bond acceptors (Lipinski definition) is 4. The van der Waals surface area contributed by atoms with Crippen molar-refractivity contribution in [2.24, 2.45) is 11.8 Å². The molecule has 2 aliphatic carbocycles. The molecule has 6 rings (SSSR count). The van der Waals surface area contributed by atoms with Gasteiger partial charge in [-0.05, 0) is 55.7 Å². The molecule has 2 aliphatic heterocycles. The lowest BCUT2D eigenvalue weighted by molar-refractivity contribution is 0.208. The van der Waals surface area contributed by atoms with Gasteiger partial charge in [0.05, 0.1) is 5.52 Å². The maximum Gasteiger partial charge on any atom is 0.228 e. The van der Waals surface area contributed by atoms with Crippen LogP contribution in [0.3, 0.4) is 0 Å². The Morgan fingerprint density at radius 2 is 1.48 bits per heavy atom. The number of anilines is 2. The molecule has 27 heavy (non-hydrogen) atoms. The lowest BCUT2D eigenvalue weighted by atomic mass is 9.76. The van der Waals surface area contributed by atoms with E-state index >= 15 is 0 Å². The van der Waals surface area contributed by atoms with E-state index < -0.39 is 0 Å². The van der Waals surface area contributed by atoms with Gasteiger partial charge >= 0.3 is 0 Å². The molecule has 142 valence electrons. The van der Waals surface area contributed by atoms with Crippen LogP contribution < -0.4 is 9.80 Å². The molecule has 4 nitrogen and oxygen atoms in total. The molecule has 2 saturated heterocycles. The van der Waals surface area contributed by atoms with Crippen molar-refractivity contribution in [1.82, 2.24) is 9.97 Å². The van der Waals surface area contributed by atoms with Crippen LogP contribution in [0.2, 0.25) is 5.02 Å². The summed E-state index contributed by atoms with van der Waals surface area (Å²) in [6, 6.07) is 7.43. The monoisotopic (exact) mass is 382 g/mol. The summed E-state index contributed by atoms with van der Waals surface area (Å²) < 4.78 is 0. The number of nitrogens with zero attached hydrogens (tertiary/aromatic N) is 4. The smallest absolute Gasteiger partial charge is 0.228 e. The van der Waals surface area contributed by atoms with Gasteiger partial charge in [0.25, 0.3) is 0 Å². The number of halogens is 1. The Balaban J connectivity index is 1.41. The minimum atomic E-state index is 0.662. The van der Waals surface area contributed by atoms with Crippen molar-refractivity contribution in [3.05, 3.63) is 23.2 Å². The third-order valence-corrected chi connectivity index (χ3v) is 7.79. The number of rotatable bonds is 2. The van der Waals surface area contributed by atoms with Crippen molar-refractivity contribution in [2.75, 3.05) is 22.9 Å². The van der Waals surface area contributed by atoms with Crippen molar-refractivity contribution >= 4 is 34.3 Å². The molecule has 0 radical (unpaired) electrons. The van der Waals surface area contributed by atoms with Crippen LogP contribution in [0, 0.1) is 11.8 Å². The summed E-state index contributed by atoms with van der Waals surface area (Å²) in [5.41, 5.74) is 1.04. The van der Waals surface area contributed by atoms with Crippen LogP contribution in [0.1, 0.15) is 51.4 Å². The summed E-state index contributed by atoms with van der Waals surface area (Å²) >= 11 is 6.34. The second-order valence-electron chi connectivity index (χ2n) is 9.04. The third-order valence-electron chi connectivity index (χ3n) is 7.56. The molecule has 0 spiro atoms. The van der Waals surface area contributed by atoms with Crippen LogP contribution in [-0.4, -0.2) is 35.1 Å². The summed E-state index contributed by atoms with van der Waals surface area (Å²) in [5.74, 6) is 3.79. The van der Waals surface area contributed by atoms with Gasteiger partial charge in [-0.3, -0.25) is 0 Å². The average molecular weight is 383 g/mol. The van der Waals surface area contributed by atoms with Crippen molar-refractivity contribution in [2.45, 2.75) is 63.5 Å². The Labute approximate surface area is 165 Å². The van der Waals surface area contributed by atoms with Gasteiger partial charge in [0.15, 0.2) is 0 Å². The molecule has 1 aromatic heterocycles. The van der Waals surface area contributed by atoms with Gasteiger partial charge < -0.3 is 9.80 Å². The van der Waals surface area contributed by atoms with Gasteiger partial charge in [0.1, 0.15) is 5.82 Å². The number of aromatic nitrogens is 2. The number of hydrogen-bond donors (Lipinski definition) is 0. The molecule has 4 aliphatic rings. The molecule has 4 atom stereocenters. The van der Waals surface area contributed by atoms with Gasteiger partial charge in [-0.25, -0.2) is 4.98 Å². The van der Waals surface area contributed by atoms with Crippen molar-refractivity contribution in [1.29, 1.82) is 0 Å². The summed E-state index contributed by atoms with van der Waals surface area (Å²) in [6.07, 6.45) is 10.9. The molecule has 2 aromatic rings. The number of benzene rings is 1. The van der Waals surface area contributed by atoms with Gasteiger partial charge in [-0.1, -0.05) is 37.3 Å². The molecule has 3 heterocycles. The van der Waals surface area contributed by atoms with E-state index in [9.17, 15) is 0 Å². The lowest BCUT2D eigenvalue weighted by Crippen LogP contribution is -2.59. The summed E-state index contributed by atoms with van der Waals surface area (Å²) in [4.78, 5) is 15.1. The molecule has 0 amide bonds. The highest BCUT2D eigenvalue weighted by molar-refractivity contribution is 6.31. The Morgan fingerprint density at radius 3 is 2.22 bits per heavy atom. The molecule has 4 fully saturated rings. The zero-order chi connectivity index (χ0) is 18.0. The first-order valence-electron chi connectivity index (χ1n) is 10.8. The Hall–Kier alpha value is -1.55. The van der Waals surface area contributed by atoms with E-state index in [1.54, 1.807) is 0 Å². The average Bonchev–Trinajstić information content (AvgIpc) is 2.64. The van der Waals surface area contributed by atoms with E-state index in [4.69, 9.17) is 21.6 Å². The Kier molecular flexibility index (Phi) is 3.79. The first kappa shape index (κ1) is 16.4. The fourth-order valence-corrected chi connectivity index (χ4v) is 6.19. The SMILES string of the molecule is Clc1ccc2nc(N3CC4CCCCC43)nc(N3CC4CCCCC43)c2c1. The first-order chi connectivity index (χ1) is 13.3. The Bertz CT molecular complexity index is 884. The van der Waals surface area contributed by atoms with E-state index in [-0.39, 0.29) is 0 Å². The predicted octanol–water partition coefficient (Wildman–Crippen LogP) is 5.04. The maximum absolute atomic E-state index is 6.34. The van der Waals surface area contributed by atoms with Crippen LogP contribution in [0.25, 0.3) is 10.9 Å². The van der Waals surface area contributed by atoms with Gasteiger partial charge in [0.2, 0.25) is 5.95 Å². The fourth-order valence-electron chi connectivity index (χ4n) is 6.02. The van der Waals surface area contributed by atoms with Crippen molar-refractivity contribution < 1.29 is 0 Å². The van der Waals surface area contributed by atoms with Crippen LogP contribution in [-0.2, 0) is 0 Å². The largest absolute Gasteiger partial charge is 0.352 e. The van der Waals surface area contributed by atoms with Gasteiger partial charge in [-0.2, -0.15) is 4.98 Å². The zero-order valence-corrected chi connectivity index (χ0v) is 16.5. The standard InChI is InChI=1S/C22H27ClN4/c23-16-9-10-18-17(11-16)21(26-12-14-5-1-3-7-19(14)26)25-22(24-18)27-13-15-6-2-4-8-20(15)27/h9-11,14-15,19-20H,1-8,12-13H2. The normalized spacial score (nSPS) is 32.5. The van der Waals surface area contributed by atoms with E-state index in [1.807, 2.05) is 6.07 Å². The highest BCUT2D eigenvalue weighted by atomic mass is 35.5.